The Morgan fingerprint density at radius 1 is 1.26 bits per heavy atom. The summed E-state index contributed by atoms with van der Waals surface area (Å²) in [7, 11) is 2.03. The Hall–Kier alpha value is -1.68. The first-order valence-corrected chi connectivity index (χ1v) is 6.85. The largest absolute Gasteiger partial charge is 0.311 e. The van der Waals surface area contributed by atoms with Crippen molar-refractivity contribution in [1.82, 2.24) is 20.1 Å². The third kappa shape index (κ3) is 2.06. The maximum atomic E-state index is 4.57. The molecule has 1 aromatic heterocycles. The van der Waals surface area contributed by atoms with Crippen molar-refractivity contribution in [2.75, 3.05) is 7.05 Å². The minimum atomic E-state index is 0.310. The molecule has 2 atom stereocenters. The number of nitrogens with zero attached hydrogens (tertiary/aromatic N) is 3. The molecule has 2 aromatic rings. The van der Waals surface area contributed by atoms with Crippen LogP contribution in [0.1, 0.15) is 41.3 Å². The van der Waals surface area contributed by atoms with E-state index in [2.05, 4.69) is 44.3 Å². The molecule has 1 heterocycles. The SMILES string of the molecule is CNC1c2ccccc2CCC1n1nc(C)nc1C. The lowest BCUT2D eigenvalue weighted by Crippen LogP contribution is -2.33. The predicted octanol–water partition coefficient (Wildman–Crippen LogP) is 2.34. The van der Waals surface area contributed by atoms with Crippen molar-refractivity contribution in [3.05, 3.63) is 47.0 Å². The number of aryl methyl sites for hydroxylation is 3. The van der Waals surface area contributed by atoms with Gasteiger partial charge in [-0.05, 0) is 44.9 Å². The summed E-state index contributed by atoms with van der Waals surface area (Å²) in [6.07, 6.45) is 2.21. The van der Waals surface area contributed by atoms with Gasteiger partial charge in [0.25, 0.3) is 0 Å². The average Bonchev–Trinajstić information content (AvgIpc) is 2.76. The minimum Gasteiger partial charge on any atom is -0.311 e. The molecule has 0 aliphatic heterocycles. The van der Waals surface area contributed by atoms with Crippen molar-refractivity contribution in [3.8, 4) is 0 Å². The molecule has 1 aliphatic carbocycles. The molecule has 0 amide bonds. The highest BCUT2D eigenvalue weighted by atomic mass is 15.4. The molecule has 0 saturated heterocycles. The lowest BCUT2D eigenvalue weighted by Gasteiger charge is -2.33. The molecule has 1 aliphatic rings. The maximum Gasteiger partial charge on any atom is 0.147 e. The van der Waals surface area contributed by atoms with Gasteiger partial charge in [-0.2, -0.15) is 5.10 Å². The number of aromatic nitrogens is 3. The molecule has 0 fully saturated rings. The third-order valence-corrected chi connectivity index (χ3v) is 4.02. The van der Waals surface area contributed by atoms with E-state index in [-0.39, 0.29) is 0 Å². The highest BCUT2D eigenvalue weighted by Crippen LogP contribution is 2.37. The third-order valence-electron chi connectivity index (χ3n) is 4.02. The van der Waals surface area contributed by atoms with Crippen LogP contribution in [0.25, 0.3) is 0 Å². The summed E-state index contributed by atoms with van der Waals surface area (Å²) in [5.74, 6) is 1.85. The Balaban J connectivity index is 2.03. The van der Waals surface area contributed by atoms with E-state index < -0.39 is 0 Å². The first-order valence-electron chi connectivity index (χ1n) is 6.85. The van der Waals surface area contributed by atoms with Gasteiger partial charge in [-0.25, -0.2) is 9.67 Å². The van der Waals surface area contributed by atoms with Gasteiger partial charge in [0, 0.05) is 0 Å². The van der Waals surface area contributed by atoms with Crippen LogP contribution in [-0.4, -0.2) is 21.8 Å². The summed E-state index contributed by atoms with van der Waals surface area (Å²) >= 11 is 0. The van der Waals surface area contributed by atoms with Crippen LogP contribution < -0.4 is 5.32 Å². The molecule has 0 radical (unpaired) electrons. The van der Waals surface area contributed by atoms with Crippen LogP contribution in [0.3, 0.4) is 0 Å². The fourth-order valence-electron chi connectivity index (χ4n) is 3.20. The standard InChI is InChI=1S/C15H20N4/c1-10-17-11(2)19(18-10)14-9-8-12-6-4-5-7-13(12)15(14)16-3/h4-7,14-16H,8-9H2,1-3H3. The highest BCUT2D eigenvalue weighted by molar-refractivity contribution is 5.33. The van der Waals surface area contributed by atoms with E-state index in [9.17, 15) is 0 Å². The number of nitrogens with one attached hydrogen (secondary N) is 1. The van der Waals surface area contributed by atoms with Crippen molar-refractivity contribution in [3.63, 3.8) is 0 Å². The fraction of sp³-hybridized carbons (Fsp3) is 0.467. The van der Waals surface area contributed by atoms with E-state index in [1.54, 1.807) is 0 Å². The molecule has 3 rings (SSSR count). The first kappa shape index (κ1) is 12.4. The van der Waals surface area contributed by atoms with Gasteiger partial charge in [0.15, 0.2) is 0 Å². The van der Waals surface area contributed by atoms with Crippen molar-refractivity contribution in [2.45, 2.75) is 38.8 Å². The fourth-order valence-corrected chi connectivity index (χ4v) is 3.20. The lowest BCUT2D eigenvalue weighted by atomic mass is 9.84. The molecule has 1 aromatic carbocycles. The van der Waals surface area contributed by atoms with Crippen LogP contribution in [-0.2, 0) is 6.42 Å². The number of hydrogen-bond acceptors (Lipinski definition) is 3. The average molecular weight is 256 g/mol. The lowest BCUT2D eigenvalue weighted by molar-refractivity contribution is 0.303. The highest BCUT2D eigenvalue weighted by Gasteiger charge is 2.31. The normalized spacial score (nSPS) is 22.3. The van der Waals surface area contributed by atoms with Crippen LogP contribution in [0.15, 0.2) is 24.3 Å². The smallest absolute Gasteiger partial charge is 0.147 e. The van der Waals surface area contributed by atoms with Crippen molar-refractivity contribution < 1.29 is 0 Å². The second kappa shape index (κ2) is 4.78. The van der Waals surface area contributed by atoms with E-state index in [0.29, 0.717) is 12.1 Å². The van der Waals surface area contributed by atoms with Crippen LogP contribution in [0.5, 0.6) is 0 Å². The Kier molecular flexibility index (Phi) is 3.11. The molecular weight excluding hydrogens is 236 g/mol. The van der Waals surface area contributed by atoms with E-state index in [1.165, 1.54) is 11.1 Å². The first-order chi connectivity index (χ1) is 9.20. The molecule has 0 saturated carbocycles. The van der Waals surface area contributed by atoms with Crippen LogP contribution in [0.2, 0.25) is 0 Å². The minimum absolute atomic E-state index is 0.310. The Morgan fingerprint density at radius 2 is 2.05 bits per heavy atom. The van der Waals surface area contributed by atoms with Crippen molar-refractivity contribution in [2.24, 2.45) is 0 Å². The zero-order chi connectivity index (χ0) is 13.4. The monoisotopic (exact) mass is 256 g/mol. The van der Waals surface area contributed by atoms with Gasteiger partial charge in [0.1, 0.15) is 11.6 Å². The second-order valence-corrected chi connectivity index (χ2v) is 5.22. The summed E-state index contributed by atoms with van der Waals surface area (Å²) in [6.45, 7) is 3.99. The second-order valence-electron chi connectivity index (χ2n) is 5.22. The maximum absolute atomic E-state index is 4.57. The van der Waals surface area contributed by atoms with Gasteiger partial charge in [-0.3, -0.25) is 0 Å². The van der Waals surface area contributed by atoms with E-state index >= 15 is 0 Å². The summed E-state index contributed by atoms with van der Waals surface area (Å²) in [6, 6.07) is 9.35. The topological polar surface area (TPSA) is 42.7 Å². The molecule has 1 N–H and O–H groups in total. The molecule has 100 valence electrons. The molecule has 19 heavy (non-hydrogen) atoms. The Morgan fingerprint density at radius 3 is 2.74 bits per heavy atom. The number of likely N-dealkylation sites (N-methyl/N-ethyl adjacent to an activating group) is 1. The molecule has 4 nitrogen and oxygen atoms in total. The molecule has 2 unspecified atom stereocenters. The van der Waals surface area contributed by atoms with Gasteiger partial charge in [0.2, 0.25) is 0 Å². The Bertz CT molecular complexity index is 588. The van der Waals surface area contributed by atoms with Gasteiger partial charge >= 0.3 is 0 Å². The van der Waals surface area contributed by atoms with Gasteiger partial charge < -0.3 is 5.32 Å². The number of benzene rings is 1. The van der Waals surface area contributed by atoms with Crippen LogP contribution >= 0.6 is 0 Å². The van der Waals surface area contributed by atoms with E-state index in [4.69, 9.17) is 0 Å². The molecule has 0 spiro atoms. The summed E-state index contributed by atoms with van der Waals surface area (Å²) in [4.78, 5) is 4.44. The molecule has 4 heteroatoms. The summed E-state index contributed by atoms with van der Waals surface area (Å²) < 4.78 is 2.09. The molecule has 0 bridgehead atoms. The summed E-state index contributed by atoms with van der Waals surface area (Å²) in [5.41, 5.74) is 2.85. The summed E-state index contributed by atoms with van der Waals surface area (Å²) in [5, 5.41) is 8.03. The van der Waals surface area contributed by atoms with Gasteiger partial charge in [-0.15, -0.1) is 0 Å². The zero-order valence-corrected chi connectivity index (χ0v) is 11.7. The van der Waals surface area contributed by atoms with Gasteiger partial charge in [-0.1, -0.05) is 24.3 Å². The molecular formula is C15H20N4. The number of fused-ring (bicyclic) bond motifs is 1. The van der Waals surface area contributed by atoms with Gasteiger partial charge in [0.05, 0.1) is 12.1 Å². The number of rotatable bonds is 2. The van der Waals surface area contributed by atoms with Crippen LogP contribution in [0, 0.1) is 13.8 Å². The van der Waals surface area contributed by atoms with E-state index in [0.717, 1.165) is 24.5 Å². The van der Waals surface area contributed by atoms with Crippen LogP contribution in [0.4, 0.5) is 0 Å². The zero-order valence-electron chi connectivity index (χ0n) is 11.7. The number of hydrogen-bond donors (Lipinski definition) is 1. The van der Waals surface area contributed by atoms with Crippen molar-refractivity contribution >= 4 is 0 Å². The van der Waals surface area contributed by atoms with E-state index in [1.807, 2.05) is 20.9 Å². The van der Waals surface area contributed by atoms with Crippen molar-refractivity contribution in [1.29, 1.82) is 0 Å². The quantitative estimate of drug-likeness (QED) is 0.897. The Labute approximate surface area is 113 Å². The predicted molar refractivity (Wildman–Crippen MR) is 75.1 cm³/mol.